The van der Waals surface area contributed by atoms with Gasteiger partial charge in [-0.25, -0.2) is 9.37 Å². The normalized spacial score (nSPS) is 14.9. The summed E-state index contributed by atoms with van der Waals surface area (Å²) in [5.74, 6) is -1.40. The van der Waals surface area contributed by atoms with Crippen LogP contribution < -0.4 is 9.80 Å². The van der Waals surface area contributed by atoms with Gasteiger partial charge < -0.3 is 4.90 Å². The molecule has 0 atom stereocenters. The molecule has 0 radical (unpaired) electrons. The maximum atomic E-state index is 14.1. The molecular weight excluding hydrogens is 309 g/mol. The van der Waals surface area contributed by atoms with E-state index in [1.54, 1.807) is 12.1 Å². The van der Waals surface area contributed by atoms with Crippen LogP contribution in [0.1, 0.15) is 6.42 Å². The van der Waals surface area contributed by atoms with Gasteiger partial charge >= 0.3 is 0 Å². The number of para-hydroxylation sites is 1. The molecule has 0 saturated heterocycles. The van der Waals surface area contributed by atoms with Gasteiger partial charge in [0.2, 0.25) is 11.8 Å². The van der Waals surface area contributed by atoms with Crippen LogP contribution in [0.15, 0.2) is 36.4 Å². The predicted octanol–water partition coefficient (Wildman–Crippen LogP) is 2.91. The molecular formula is C15H11ClFN3O2. The fourth-order valence-electron chi connectivity index (χ4n) is 2.31. The number of pyridine rings is 1. The summed E-state index contributed by atoms with van der Waals surface area (Å²) < 4.78 is 14.1. The van der Waals surface area contributed by atoms with Crippen molar-refractivity contribution in [2.45, 2.75) is 6.42 Å². The van der Waals surface area contributed by atoms with Gasteiger partial charge in [0.05, 0.1) is 11.4 Å². The lowest BCUT2D eigenvalue weighted by molar-refractivity contribution is -0.125. The summed E-state index contributed by atoms with van der Waals surface area (Å²) in [4.78, 5) is 31.0. The quantitative estimate of drug-likeness (QED) is 0.600. The highest BCUT2D eigenvalue weighted by molar-refractivity contribution is 6.30. The van der Waals surface area contributed by atoms with Crippen molar-refractivity contribution < 1.29 is 14.0 Å². The molecule has 0 aliphatic carbocycles. The van der Waals surface area contributed by atoms with Crippen molar-refractivity contribution in [3.63, 3.8) is 0 Å². The van der Waals surface area contributed by atoms with E-state index >= 15 is 0 Å². The van der Waals surface area contributed by atoms with Crippen LogP contribution in [0.2, 0.25) is 5.15 Å². The van der Waals surface area contributed by atoms with E-state index in [9.17, 15) is 14.0 Å². The van der Waals surface area contributed by atoms with E-state index < -0.39 is 17.6 Å². The molecule has 2 aromatic rings. The van der Waals surface area contributed by atoms with Crippen LogP contribution in [-0.4, -0.2) is 23.8 Å². The summed E-state index contributed by atoms with van der Waals surface area (Å²) in [5.41, 5.74) is 0.426. The van der Waals surface area contributed by atoms with Crippen molar-refractivity contribution in [2.24, 2.45) is 0 Å². The molecule has 0 fully saturated rings. The summed E-state index contributed by atoms with van der Waals surface area (Å²) in [7, 11) is 1.54. The number of carbonyl (C=O) groups is 2. The Morgan fingerprint density at radius 2 is 1.82 bits per heavy atom. The molecule has 1 aliphatic rings. The number of amides is 2. The van der Waals surface area contributed by atoms with Gasteiger partial charge in [-0.1, -0.05) is 23.7 Å². The van der Waals surface area contributed by atoms with Crippen LogP contribution in [0.5, 0.6) is 0 Å². The van der Waals surface area contributed by atoms with Crippen molar-refractivity contribution in [3.8, 4) is 0 Å². The highest BCUT2D eigenvalue weighted by Gasteiger charge is 2.33. The molecule has 112 valence electrons. The number of rotatable bonds is 1. The van der Waals surface area contributed by atoms with Crippen LogP contribution in [0, 0.1) is 5.82 Å². The Balaban J connectivity index is 2.27. The molecule has 1 aromatic carbocycles. The number of benzene rings is 1. The average molecular weight is 320 g/mol. The number of hydrogen-bond acceptors (Lipinski definition) is 3. The van der Waals surface area contributed by atoms with E-state index in [0.29, 0.717) is 5.69 Å². The van der Waals surface area contributed by atoms with Gasteiger partial charge in [-0.15, -0.1) is 0 Å². The van der Waals surface area contributed by atoms with Crippen LogP contribution in [0.25, 0.3) is 0 Å². The van der Waals surface area contributed by atoms with Gasteiger partial charge in [0.15, 0.2) is 5.82 Å². The first-order valence-electron chi connectivity index (χ1n) is 6.49. The van der Waals surface area contributed by atoms with Gasteiger partial charge in [0, 0.05) is 7.05 Å². The smallest absolute Gasteiger partial charge is 0.242 e. The van der Waals surface area contributed by atoms with Gasteiger partial charge in [-0.3, -0.25) is 14.5 Å². The summed E-state index contributed by atoms with van der Waals surface area (Å²) in [6, 6.07) is 8.91. The van der Waals surface area contributed by atoms with Gasteiger partial charge in [-0.2, -0.15) is 0 Å². The molecule has 1 aliphatic heterocycles. The Bertz CT molecular complexity index is 781. The zero-order valence-corrected chi connectivity index (χ0v) is 12.3. The standard InChI is InChI=1S/C15H11ClFN3O2/c1-19-11-6-7-12(16)18-15(11)20(14(22)8-13(19)21)10-5-3-2-4-9(10)17/h2-7H,8H2,1H3. The van der Waals surface area contributed by atoms with E-state index in [1.165, 1.54) is 36.2 Å². The molecule has 2 amide bonds. The molecule has 2 heterocycles. The minimum absolute atomic E-state index is 0.0339. The molecule has 0 N–H and O–H groups in total. The second kappa shape index (κ2) is 5.38. The van der Waals surface area contributed by atoms with Crippen LogP contribution >= 0.6 is 11.6 Å². The molecule has 1 aromatic heterocycles. The van der Waals surface area contributed by atoms with E-state index in [-0.39, 0.29) is 23.1 Å². The number of aromatic nitrogens is 1. The number of nitrogens with zero attached hydrogens (tertiary/aromatic N) is 3. The summed E-state index contributed by atoms with van der Waals surface area (Å²) in [5, 5.41) is 0.149. The van der Waals surface area contributed by atoms with Gasteiger partial charge in [0.25, 0.3) is 0 Å². The number of anilines is 3. The third kappa shape index (κ3) is 2.31. The van der Waals surface area contributed by atoms with Crippen LogP contribution in [0.3, 0.4) is 0 Å². The first kappa shape index (κ1) is 14.5. The number of fused-ring (bicyclic) bond motifs is 1. The fraction of sp³-hybridized carbons (Fsp3) is 0.133. The zero-order chi connectivity index (χ0) is 15.9. The zero-order valence-electron chi connectivity index (χ0n) is 11.6. The fourth-order valence-corrected chi connectivity index (χ4v) is 2.45. The first-order chi connectivity index (χ1) is 10.5. The second-order valence-corrected chi connectivity index (χ2v) is 5.17. The van der Waals surface area contributed by atoms with Crippen molar-refractivity contribution in [1.82, 2.24) is 4.98 Å². The Kier molecular flexibility index (Phi) is 3.54. The van der Waals surface area contributed by atoms with E-state index in [1.807, 2.05) is 0 Å². The SMILES string of the molecule is CN1C(=O)CC(=O)N(c2ccccc2F)c2nc(Cl)ccc21. The topological polar surface area (TPSA) is 53.5 Å². The van der Waals surface area contributed by atoms with E-state index in [2.05, 4.69) is 4.98 Å². The number of hydrogen-bond donors (Lipinski definition) is 0. The highest BCUT2D eigenvalue weighted by atomic mass is 35.5. The largest absolute Gasteiger partial charge is 0.312 e. The molecule has 0 bridgehead atoms. The third-order valence-electron chi connectivity index (χ3n) is 3.41. The maximum absolute atomic E-state index is 14.1. The van der Waals surface area contributed by atoms with Gasteiger partial charge in [0.1, 0.15) is 17.4 Å². The molecule has 5 nitrogen and oxygen atoms in total. The highest BCUT2D eigenvalue weighted by Crippen LogP contribution is 2.37. The number of carbonyl (C=O) groups excluding carboxylic acids is 2. The van der Waals surface area contributed by atoms with Crippen molar-refractivity contribution in [2.75, 3.05) is 16.8 Å². The number of halogens is 2. The first-order valence-corrected chi connectivity index (χ1v) is 6.87. The van der Waals surface area contributed by atoms with Crippen LogP contribution in [-0.2, 0) is 9.59 Å². The summed E-state index contributed by atoms with van der Waals surface area (Å²) >= 11 is 5.91. The van der Waals surface area contributed by atoms with Crippen LogP contribution in [0.4, 0.5) is 21.6 Å². The third-order valence-corrected chi connectivity index (χ3v) is 3.62. The second-order valence-electron chi connectivity index (χ2n) is 4.79. The molecule has 0 spiro atoms. The van der Waals surface area contributed by atoms with Crippen molar-refractivity contribution in [1.29, 1.82) is 0 Å². The van der Waals surface area contributed by atoms with E-state index in [0.717, 1.165) is 4.90 Å². The molecule has 7 heteroatoms. The van der Waals surface area contributed by atoms with Crippen molar-refractivity contribution in [3.05, 3.63) is 47.4 Å². The van der Waals surface area contributed by atoms with E-state index in [4.69, 9.17) is 11.6 Å². The lowest BCUT2D eigenvalue weighted by atomic mass is 10.2. The van der Waals surface area contributed by atoms with Gasteiger partial charge in [-0.05, 0) is 24.3 Å². The minimum Gasteiger partial charge on any atom is -0.312 e. The maximum Gasteiger partial charge on any atom is 0.242 e. The Morgan fingerprint density at radius 3 is 2.55 bits per heavy atom. The molecule has 0 saturated carbocycles. The lowest BCUT2D eigenvalue weighted by Gasteiger charge is -2.23. The molecule has 3 rings (SSSR count). The predicted molar refractivity (Wildman–Crippen MR) is 80.8 cm³/mol. The summed E-state index contributed by atoms with van der Waals surface area (Å²) in [6.07, 6.45) is -0.376. The molecule has 0 unspecified atom stereocenters. The molecule has 22 heavy (non-hydrogen) atoms. The summed E-state index contributed by atoms with van der Waals surface area (Å²) in [6.45, 7) is 0. The Labute approximate surface area is 130 Å². The average Bonchev–Trinajstić information content (AvgIpc) is 2.56. The minimum atomic E-state index is -0.583. The Hall–Kier alpha value is -2.47. The Morgan fingerprint density at radius 1 is 1.09 bits per heavy atom. The lowest BCUT2D eigenvalue weighted by Crippen LogP contribution is -2.29. The monoisotopic (exact) mass is 319 g/mol. The van der Waals surface area contributed by atoms with Crippen molar-refractivity contribution >= 4 is 40.6 Å².